The second kappa shape index (κ2) is 15.1. The summed E-state index contributed by atoms with van der Waals surface area (Å²) in [5, 5.41) is 14.1. The Bertz CT molecular complexity index is 1900. The second-order valence-electron chi connectivity index (χ2n) is 13.5. The molecule has 49 heavy (non-hydrogen) atoms. The maximum atomic E-state index is 13.7. The van der Waals surface area contributed by atoms with Gasteiger partial charge in [-0.1, -0.05) is 79.7 Å². The van der Waals surface area contributed by atoms with Crippen molar-refractivity contribution >= 4 is 28.4 Å². The van der Waals surface area contributed by atoms with Crippen LogP contribution in [0.2, 0.25) is 0 Å². The van der Waals surface area contributed by atoms with E-state index in [4.69, 9.17) is 4.74 Å². The molecule has 0 unspecified atom stereocenters. The Morgan fingerprint density at radius 1 is 1.00 bits per heavy atom. The van der Waals surface area contributed by atoms with Crippen molar-refractivity contribution in [2.75, 3.05) is 32.1 Å². The van der Waals surface area contributed by atoms with Crippen molar-refractivity contribution in [1.82, 2.24) is 14.4 Å². The third kappa shape index (κ3) is 8.04. The first-order chi connectivity index (χ1) is 23.7. The molecule has 0 spiro atoms. The number of anilines is 1. The van der Waals surface area contributed by atoms with Crippen LogP contribution in [0.25, 0.3) is 22.0 Å². The molecule has 2 N–H and O–H groups in total. The first-order valence-electron chi connectivity index (χ1n) is 17.0. The van der Waals surface area contributed by atoms with Crippen molar-refractivity contribution in [2.45, 2.75) is 45.4 Å². The molecule has 0 aliphatic carbocycles. The number of hydrogen-bond donors (Lipinski definition) is 2. The summed E-state index contributed by atoms with van der Waals surface area (Å²) in [7, 11) is 4.07. The Kier molecular flexibility index (Phi) is 10.5. The van der Waals surface area contributed by atoms with E-state index in [9.17, 15) is 14.7 Å². The number of aromatic nitrogens is 1. The zero-order valence-electron chi connectivity index (χ0n) is 28.8. The number of ether oxygens (including phenoxy) is 1. The molecule has 0 fully saturated rings. The van der Waals surface area contributed by atoms with Crippen molar-refractivity contribution in [3.8, 4) is 16.9 Å². The summed E-state index contributed by atoms with van der Waals surface area (Å²) in [6, 6.07) is 32.3. The van der Waals surface area contributed by atoms with Gasteiger partial charge in [0.05, 0.1) is 25.5 Å². The molecule has 8 nitrogen and oxygen atoms in total. The highest BCUT2D eigenvalue weighted by atomic mass is 16.5. The van der Waals surface area contributed by atoms with E-state index in [1.165, 1.54) is 16.7 Å². The van der Waals surface area contributed by atoms with Crippen molar-refractivity contribution in [1.29, 1.82) is 0 Å². The molecule has 2 heterocycles. The summed E-state index contributed by atoms with van der Waals surface area (Å²) in [5.74, 6) is 0.417. The Labute approximate surface area is 288 Å². The molecular weight excluding hydrogens is 612 g/mol. The summed E-state index contributed by atoms with van der Waals surface area (Å²) in [6.07, 6.45) is 2.11. The van der Waals surface area contributed by atoms with Crippen molar-refractivity contribution in [2.24, 2.45) is 13.0 Å². The third-order valence-electron chi connectivity index (χ3n) is 9.54. The van der Waals surface area contributed by atoms with Gasteiger partial charge in [0, 0.05) is 61.0 Å². The van der Waals surface area contributed by atoms with Crippen molar-refractivity contribution < 1.29 is 19.4 Å². The highest BCUT2D eigenvalue weighted by Crippen LogP contribution is 2.30. The number of fused-ring (bicyclic) bond motifs is 2. The number of benzene rings is 4. The van der Waals surface area contributed by atoms with E-state index in [0.29, 0.717) is 30.1 Å². The van der Waals surface area contributed by atoms with Gasteiger partial charge in [0.15, 0.2) is 0 Å². The molecule has 4 aromatic carbocycles. The standard InChI is InChI=1S/C41H46N4O4/c1-28-23-45(29(2)27-46)41(48)22-33-20-35(42-40(47)21-34-25-44(4)37-13-9-8-12-36(34)37)18-19-38(33)49-39(28)26-43(3)24-30-14-16-32(17-15-30)31-10-6-5-7-11-31/h5-20,25,28-29,39,46H,21-24,26-27H2,1-4H3,(H,42,47)/t28-,29-,39+/m1/s1. The van der Waals surface area contributed by atoms with E-state index >= 15 is 0 Å². The van der Waals surface area contributed by atoms with E-state index in [2.05, 4.69) is 60.6 Å². The van der Waals surface area contributed by atoms with Gasteiger partial charge in [-0.2, -0.15) is 0 Å². The van der Waals surface area contributed by atoms with Crippen LogP contribution in [-0.2, 0) is 36.0 Å². The summed E-state index contributed by atoms with van der Waals surface area (Å²) < 4.78 is 8.77. The molecule has 0 saturated carbocycles. The lowest BCUT2D eigenvalue weighted by atomic mass is 10.0. The Hall–Kier alpha value is -4.92. The number of aliphatic hydroxyl groups excluding tert-OH is 1. The number of nitrogens with zero attached hydrogens (tertiary/aromatic N) is 3. The smallest absolute Gasteiger partial charge is 0.228 e. The van der Waals surface area contributed by atoms with Gasteiger partial charge in [-0.05, 0) is 60.5 Å². The van der Waals surface area contributed by atoms with Crippen LogP contribution in [-0.4, -0.2) is 70.2 Å². The number of carbonyl (C=O) groups is 2. The topological polar surface area (TPSA) is 87.0 Å². The minimum atomic E-state index is -0.332. The summed E-state index contributed by atoms with van der Waals surface area (Å²) in [5.41, 5.74) is 6.94. The fourth-order valence-electron chi connectivity index (χ4n) is 6.79. The molecule has 1 aliphatic rings. The molecule has 0 radical (unpaired) electrons. The first-order valence-corrected chi connectivity index (χ1v) is 17.0. The molecule has 254 valence electrons. The van der Waals surface area contributed by atoms with Gasteiger partial charge >= 0.3 is 0 Å². The number of nitrogens with one attached hydrogen (secondary N) is 1. The number of para-hydroxylation sites is 1. The summed E-state index contributed by atoms with van der Waals surface area (Å²) in [6.45, 7) is 5.69. The van der Waals surface area contributed by atoms with Crippen LogP contribution in [0.4, 0.5) is 5.69 Å². The van der Waals surface area contributed by atoms with Crippen molar-refractivity contribution in [3.63, 3.8) is 0 Å². The molecule has 5 aromatic rings. The molecule has 1 aliphatic heterocycles. The molecule has 0 bridgehead atoms. The number of aliphatic hydroxyl groups is 1. The SMILES string of the molecule is C[C@@H]1CN([C@H](C)CO)C(=O)Cc2cc(NC(=O)Cc3cn(C)c4ccccc34)ccc2O[C@H]1CN(C)Cc1ccc(-c2ccccc2)cc1. The summed E-state index contributed by atoms with van der Waals surface area (Å²) >= 11 is 0. The monoisotopic (exact) mass is 658 g/mol. The van der Waals surface area contributed by atoms with Gasteiger partial charge in [-0.25, -0.2) is 0 Å². The fourth-order valence-corrected chi connectivity index (χ4v) is 6.79. The number of hydrogen-bond acceptors (Lipinski definition) is 5. The Morgan fingerprint density at radius 2 is 1.71 bits per heavy atom. The Morgan fingerprint density at radius 3 is 2.47 bits per heavy atom. The molecule has 3 atom stereocenters. The maximum Gasteiger partial charge on any atom is 0.228 e. The van der Waals surface area contributed by atoms with Gasteiger partial charge in [0.2, 0.25) is 11.8 Å². The highest BCUT2D eigenvalue weighted by molar-refractivity contribution is 5.96. The molecule has 2 amide bonds. The van der Waals surface area contributed by atoms with E-state index in [1.807, 2.05) is 85.4 Å². The predicted octanol–water partition coefficient (Wildman–Crippen LogP) is 6.31. The number of carbonyl (C=O) groups excluding carboxylic acids is 2. The number of rotatable bonds is 10. The first kappa shape index (κ1) is 34.0. The highest BCUT2D eigenvalue weighted by Gasteiger charge is 2.31. The maximum absolute atomic E-state index is 13.7. The van der Waals surface area contributed by atoms with Gasteiger partial charge in [-0.3, -0.25) is 14.5 Å². The zero-order valence-corrected chi connectivity index (χ0v) is 28.8. The van der Waals surface area contributed by atoms with Gasteiger partial charge in [-0.15, -0.1) is 0 Å². The fraction of sp³-hybridized carbons (Fsp3) is 0.317. The minimum Gasteiger partial charge on any atom is -0.488 e. The largest absolute Gasteiger partial charge is 0.488 e. The van der Waals surface area contributed by atoms with E-state index < -0.39 is 0 Å². The minimum absolute atomic E-state index is 0.00752. The number of amides is 2. The molecule has 6 rings (SSSR count). The van der Waals surface area contributed by atoms with Crippen LogP contribution in [0.15, 0.2) is 103 Å². The quantitative estimate of drug-likeness (QED) is 0.184. The molecular formula is C41H46N4O4. The average Bonchev–Trinajstić information content (AvgIpc) is 3.43. The van der Waals surface area contributed by atoms with Gasteiger partial charge in [0.25, 0.3) is 0 Å². The van der Waals surface area contributed by atoms with Crippen LogP contribution >= 0.6 is 0 Å². The number of aryl methyl sites for hydroxylation is 1. The van der Waals surface area contributed by atoms with Gasteiger partial charge < -0.3 is 24.6 Å². The molecule has 1 aromatic heterocycles. The lowest BCUT2D eigenvalue weighted by Gasteiger charge is -2.34. The average molecular weight is 659 g/mol. The van der Waals surface area contributed by atoms with Crippen LogP contribution < -0.4 is 10.1 Å². The van der Waals surface area contributed by atoms with E-state index in [0.717, 1.165) is 23.0 Å². The van der Waals surface area contributed by atoms with Crippen LogP contribution in [0, 0.1) is 5.92 Å². The Balaban J connectivity index is 1.19. The second-order valence-corrected chi connectivity index (χ2v) is 13.5. The van der Waals surface area contributed by atoms with Crippen LogP contribution in [0.3, 0.4) is 0 Å². The lowest BCUT2D eigenvalue weighted by Crippen LogP contribution is -2.47. The summed E-state index contributed by atoms with van der Waals surface area (Å²) in [4.78, 5) is 30.9. The lowest BCUT2D eigenvalue weighted by molar-refractivity contribution is -0.134. The third-order valence-corrected chi connectivity index (χ3v) is 9.54. The van der Waals surface area contributed by atoms with Gasteiger partial charge in [0.1, 0.15) is 11.9 Å². The van der Waals surface area contributed by atoms with Crippen LogP contribution in [0.5, 0.6) is 5.75 Å². The van der Waals surface area contributed by atoms with Crippen molar-refractivity contribution in [3.05, 3.63) is 120 Å². The number of likely N-dealkylation sites (N-methyl/N-ethyl adjacent to an activating group) is 1. The zero-order chi connectivity index (χ0) is 34.5. The molecule has 0 saturated heterocycles. The normalized spacial score (nSPS) is 17.2. The molecule has 8 heteroatoms. The van der Waals surface area contributed by atoms with E-state index in [1.54, 1.807) is 4.90 Å². The van der Waals surface area contributed by atoms with Crippen LogP contribution in [0.1, 0.15) is 30.5 Å². The predicted molar refractivity (Wildman–Crippen MR) is 195 cm³/mol. The van der Waals surface area contributed by atoms with E-state index in [-0.39, 0.29) is 49.3 Å².